The van der Waals surface area contributed by atoms with Crippen molar-refractivity contribution in [1.82, 2.24) is 0 Å². The number of rotatable bonds is 8. The van der Waals surface area contributed by atoms with Crippen LogP contribution in [0.4, 0.5) is 8.78 Å². The molecule has 1 heterocycles. The smallest absolute Gasteiger partial charge is 0.303 e. The predicted molar refractivity (Wildman–Crippen MR) is 102 cm³/mol. The highest BCUT2D eigenvalue weighted by atomic mass is 35.5. The van der Waals surface area contributed by atoms with Gasteiger partial charge in [-0.05, 0) is 42.7 Å². The number of hydrogen-bond donors (Lipinski definition) is 1. The first kappa shape index (κ1) is 20.1. The van der Waals surface area contributed by atoms with Crippen LogP contribution in [0.25, 0.3) is 11.0 Å². The molecule has 0 amide bonds. The first-order valence-electron chi connectivity index (χ1n) is 8.91. The Kier molecular flexibility index (Phi) is 6.19. The van der Waals surface area contributed by atoms with Gasteiger partial charge in [-0.1, -0.05) is 24.6 Å². The molecular weight excluding hydrogens is 390 g/mol. The van der Waals surface area contributed by atoms with Gasteiger partial charge in [0.1, 0.15) is 18.0 Å². The summed E-state index contributed by atoms with van der Waals surface area (Å²) < 4.78 is 39.8. The number of carbonyl (C=O) groups is 1. The molecule has 148 valence electrons. The van der Waals surface area contributed by atoms with Gasteiger partial charge in [-0.2, -0.15) is 4.39 Å². The summed E-state index contributed by atoms with van der Waals surface area (Å²) in [4.78, 5) is 10.6. The van der Waals surface area contributed by atoms with Gasteiger partial charge in [-0.3, -0.25) is 4.79 Å². The minimum atomic E-state index is -1.15. The van der Waals surface area contributed by atoms with Gasteiger partial charge in [0.05, 0.1) is 0 Å². The van der Waals surface area contributed by atoms with E-state index in [-0.39, 0.29) is 30.8 Å². The van der Waals surface area contributed by atoms with Crippen LogP contribution >= 0.6 is 11.6 Å². The number of aliphatic carboxylic acids is 1. The van der Waals surface area contributed by atoms with E-state index in [0.29, 0.717) is 16.2 Å². The third-order valence-electron chi connectivity index (χ3n) is 4.32. The number of fused-ring (bicyclic) bond motifs is 1. The summed E-state index contributed by atoms with van der Waals surface area (Å²) in [6.07, 6.45) is 1.33. The van der Waals surface area contributed by atoms with Crippen LogP contribution in [0, 0.1) is 11.6 Å². The molecule has 0 saturated carbocycles. The van der Waals surface area contributed by atoms with E-state index >= 15 is 0 Å². The minimum Gasteiger partial charge on any atom is -0.486 e. The molecule has 1 N–H and O–H groups in total. The van der Waals surface area contributed by atoms with Crippen LogP contribution in [-0.4, -0.2) is 11.1 Å². The SMILES string of the molecule is CCCc1cc2cc(Cl)cc(COc3ccc(CCC(=O)O)c(F)c3F)c2o1. The van der Waals surface area contributed by atoms with Crippen LogP contribution in [0.3, 0.4) is 0 Å². The molecule has 2 aromatic carbocycles. The Morgan fingerprint density at radius 1 is 1.14 bits per heavy atom. The lowest BCUT2D eigenvalue weighted by atomic mass is 10.1. The number of ether oxygens (including phenoxy) is 1. The molecule has 7 heteroatoms. The Morgan fingerprint density at radius 2 is 1.93 bits per heavy atom. The third-order valence-corrected chi connectivity index (χ3v) is 4.54. The molecule has 0 saturated heterocycles. The van der Waals surface area contributed by atoms with Crippen molar-refractivity contribution in [3.8, 4) is 5.75 Å². The quantitative estimate of drug-likeness (QED) is 0.503. The molecule has 28 heavy (non-hydrogen) atoms. The molecule has 0 aliphatic carbocycles. The molecular formula is C21H19ClF2O4. The summed E-state index contributed by atoms with van der Waals surface area (Å²) in [6, 6.07) is 7.98. The zero-order valence-electron chi connectivity index (χ0n) is 15.2. The van der Waals surface area contributed by atoms with E-state index in [1.807, 2.05) is 13.0 Å². The lowest BCUT2D eigenvalue weighted by Gasteiger charge is -2.11. The fourth-order valence-corrected chi connectivity index (χ4v) is 3.24. The first-order valence-corrected chi connectivity index (χ1v) is 9.29. The van der Waals surface area contributed by atoms with E-state index < -0.39 is 17.6 Å². The molecule has 0 aliphatic rings. The Labute approximate surface area is 165 Å². The van der Waals surface area contributed by atoms with Crippen molar-refractivity contribution in [3.05, 3.63) is 63.9 Å². The van der Waals surface area contributed by atoms with Crippen LogP contribution in [-0.2, 0) is 24.2 Å². The van der Waals surface area contributed by atoms with Crippen molar-refractivity contribution in [2.75, 3.05) is 0 Å². The highest BCUT2D eigenvalue weighted by molar-refractivity contribution is 6.31. The molecule has 4 nitrogen and oxygen atoms in total. The van der Waals surface area contributed by atoms with Crippen molar-refractivity contribution in [3.63, 3.8) is 0 Å². The fraction of sp³-hybridized carbons (Fsp3) is 0.286. The van der Waals surface area contributed by atoms with Crippen LogP contribution in [0.5, 0.6) is 5.75 Å². The molecule has 0 radical (unpaired) electrons. The Balaban J connectivity index is 1.82. The number of hydrogen-bond acceptors (Lipinski definition) is 3. The van der Waals surface area contributed by atoms with Gasteiger partial charge in [-0.15, -0.1) is 0 Å². The van der Waals surface area contributed by atoms with Crippen LogP contribution in [0.2, 0.25) is 5.02 Å². The number of carboxylic acid groups (broad SMARTS) is 1. The number of benzene rings is 2. The normalized spacial score (nSPS) is 11.1. The molecule has 0 atom stereocenters. The molecule has 0 unspecified atom stereocenters. The van der Waals surface area contributed by atoms with E-state index in [9.17, 15) is 13.6 Å². The summed E-state index contributed by atoms with van der Waals surface area (Å²) >= 11 is 6.15. The summed E-state index contributed by atoms with van der Waals surface area (Å²) in [5.41, 5.74) is 1.22. The number of halogens is 3. The van der Waals surface area contributed by atoms with E-state index in [1.165, 1.54) is 12.1 Å². The van der Waals surface area contributed by atoms with Gasteiger partial charge >= 0.3 is 5.97 Å². The Hall–Kier alpha value is -2.60. The highest BCUT2D eigenvalue weighted by Crippen LogP contribution is 2.30. The largest absolute Gasteiger partial charge is 0.486 e. The molecule has 1 aromatic heterocycles. The van der Waals surface area contributed by atoms with E-state index in [1.54, 1.807) is 12.1 Å². The average molecular weight is 409 g/mol. The van der Waals surface area contributed by atoms with Crippen LogP contribution in [0.15, 0.2) is 34.7 Å². The predicted octanol–water partition coefficient (Wildman–Crippen LogP) is 5.91. The zero-order valence-corrected chi connectivity index (χ0v) is 16.0. The van der Waals surface area contributed by atoms with Crippen LogP contribution in [0.1, 0.15) is 36.7 Å². The zero-order chi connectivity index (χ0) is 20.3. The number of carboxylic acids is 1. The monoisotopic (exact) mass is 408 g/mol. The average Bonchev–Trinajstić information content (AvgIpc) is 3.04. The van der Waals surface area contributed by atoms with Crippen molar-refractivity contribution >= 4 is 28.5 Å². The van der Waals surface area contributed by atoms with Crippen molar-refractivity contribution in [1.29, 1.82) is 0 Å². The molecule has 0 aliphatic heterocycles. The maximum atomic E-state index is 14.3. The molecule has 0 bridgehead atoms. The maximum absolute atomic E-state index is 14.3. The van der Waals surface area contributed by atoms with E-state index in [2.05, 4.69) is 0 Å². The fourth-order valence-electron chi connectivity index (χ4n) is 2.99. The second kappa shape index (κ2) is 8.61. The summed E-state index contributed by atoms with van der Waals surface area (Å²) in [5, 5.41) is 10.00. The topological polar surface area (TPSA) is 59.7 Å². The molecule has 3 rings (SSSR count). The minimum absolute atomic E-state index is 0.00682. The van der Waals surface area contributed by atoms with Gasteiger partial charge in [0, 0.05) is 28.8 Å². The Morgan fingerprint density at radius 3 is 2.64 bits per heavy atom. The van der Waals surface area contributed by atoms with Crippen molar-refractivity contribution in [2.24, 2.45) is 0 Å². The van der Waals surface area contributed by atoms with Gasteiger partial charge in [0.25, 0.3) is 0 Å². The van der Waals surface area contributed by atoms with E-state index in [4.69, 9.17) is 25.9 Å². The van der Waals surface area contributed by atoms with E-state index in [0.717, 1.165) is 24.0 Å². The van der Waals surface area contributed by atoms with Gasteiger partial charge in [0.2, 0.25) is 5.82 Å². The molecule has 0 fully saturated rings. The summed E-state index contributed by atoms with van der Waals surface area (Å²) in [6.45, 7) is 1.99. The van der Waals surface area contributed by atoms with Gasteiger partial charge in [0.15, 0.2) is 11.6 Å². The summed E-state index contributed by atoms with van der Waals surface area (Å²) in [5.74, 6) is -2.76. The molecule has 0 spiro atoms. The van der Waals surface area contributed by atoms with Gasteiger partial charge < -0.3 is 14.3 Å². The van der Waals surface area contributed by atoms with Crippen molar-refractivity contribution in [2.45, 2.75) is 39.2 Å². The first-order chi connectivity index (χ1) is 13.4. The lowest BCUT2D eigenvalue weighted by Crippen LogP contribution is -2.04. The molecule has 3 aromatic rings. The summed E-state index contributed by atoms with van der Waals surface area (Å²) in [7, 11) is 0. The lowest BCUT2D eigenvalue weighted by molar-refractivity contribution is -0.136. The Bertz CT molecular complexity index is 1010. The third kappa shape index (κ3) is 4.44. The second-order valence-corrected chi connectivity index (χ2v) is 6.92. The number of aryl methyl sites for hydroxylation is 2. The number of furan rings is 1. The second-order valence-electron chi connectivity index (χ2n) is 6.48. The van der Waals surface area contributed by atoms with Crippen LogP contribution < -0.4 is 4.74 Å². The maximum Gasteiger partial charge on any atom is 0.303 e. The standard InChI is InChI=1S/C21H19ClF2O4/c1-2-3-16-10-13-8-15(22)9-14(21(13)28-16)11-27-17-6-4-12(5-7-18(25)26)19(23)20(17)24/h4,6,8-10H,2-3,5,7,11H2,1H3,(H,25,26). The van der Waals surface area contributed by atoms with Crippen molar-refractivity contribution < 1.29 is 27.8 Å². The highest BCUT2D eigenvalue weighted by Gasteiger charge is 2.17. The van der Waals surface area contributed by atoms with Gasteiger partial charge in [-0.25, -0.2) is 4.39 Å².